The minimum absolute atomic E-state index is 0. The number of carbonyl (C=O) groups is 1. The first-order chi connectivity index (χ1) is 9.42. The average molecular weight is 315 g/mol. The van der Waals surface area contributed by atoms with Gasteiger partial charge in [0.1, 0.15) is 5.75 Å². The van der Waals surface area contributed by atoms with E-state index in [0.29, 0.717) is 13.0 Å². The van der Waals surface area contributed by atoms with Crippen LogP contribution in [0.2, 0.25) is 0 Å². The van der Waals surface area contributed by atoms with Gasteiger partial charge in [-0.2, -0.15) is 0 Å². The topological polar surface area (TPSA) is 64.3 Å². The number of hydrogen-bond acceptors (Lipinski definition) is 3. The Morgan fingerprint density at radius 1 is 1.38 bits per heavy atom. The summed E-state index contributed by atoms with van der Waals surface area (Å²) in [5, 5.41) is 2.88. The Labute approximate surface area is 133 Å². The summed E-state index contributed by atoms with van der Waals surface area (Å²) in [4.78, 5) is 11.7. The summed E-state index contributed by atoms with van der Waals surface area (Å²) in [6.45, 7) is 8.45. The number of ether oxygens (including phenoxy) is 1. The van der Waals surface area contributed by atoms with E-state index in [0.717, 1.165) is 23.3 Å². The molecule has 0 fully saturated rings. The van der Waals surface area contributed by atoms with Crippen LogP contribution in [0.5, 0.6) is 5.75 Å². The lowest BCUT2D eigenvalue weighted by Gasteiger charge is -2.17. The Hall–Kier alpha value is -1.26. The lowest BCUT2D eigenvalue weighted by Crippen LogP contribution is -2.29. The van der Waals surface area contributed by atoms with E-state index in [1.165, 1.54) is 0 Å². The van der Waals surface area contributed by atoms with Gasteiger partial charge >= 0.3 is 0 Å². The highest BCUT2D eigenvalue weighted by atomic mass is 35.5. The third kappa shape index (κ3) is 7.34. The van der Waals surface area contributed by atoms with Gasteiger partial charge in [-0.05, 0) is 38.8 Å². The van der Waals surface area contributed by atoms with Gasteiger partial charge < -0.3 is 15.8 Å². The summed E-state index contributed by atoms with van der Waals surface area (Å²) >= 11 is 0. The Balaban J connectivity index is 0.00000400. The van der Waals surface area contributed by atoms with Gasteiger partial charge in [0, 0.05) is 24.6 Å². The normalized spacial score (nSPS) is 13.0. The third-order valence-corrected chi connectivity index (χ3v) is 3.11. The molecule has 3 N–H and O–H groups in total. The number of nitrogens with one attached hydrogen (secondary N) is 1. The number of nitrogens with two attached hydrogens (primary N) is 1. The molecule has 1 aromatic carbocycles. The maximum absolute atomic E-state index is 11.7. The van der Waals surface area contributed by atoms with Gasteiger partial charge in [0.05, 0.1) is 6.10 Å². The van der Waals surface area contributed by atoms with Crippen LogP contribution in [0.15, 0.2) is 18.2 Å². The molecule has 5 heteroatoms. The Morgan fingerprint density at radius 2 is 2.05 bits per heavy atom. The van der Waals surface area contributed by atoms with E-state index in [1.54, 1.807) is 0 Å². The van der Waals surface area contributed by atoms with E-state index >= 15 is 0 Å². The number of rotatable bonds is 7. The zero-order chi connectivity index (χ0) is 15.1. The van der Waals surface area contributed by atoms with Gasteiger partial charge in [0.15, 0.2) is 0 Å². The smallest absolute Gasteiger partial charge is 0.221 e. The molecule has 0 heterocycles. The van der Waals surface area contributed by atoms with E-state index in [-0.39, 0.29) is 30.5 Å². The molecule has 0 saturated carbocycles. The van der Waals surface area contributed by atoms with Gasteiger partial charge in [-0.3, -0.25) is 4.79 Å². The lowest BCUT2D eigenvalue weighted by atomic mass is 10.1. The maximum Gasteiger partial charge on any atom is 0.221 e. The molecule has 0 spiro atoms. The number of halogens is 1. The highest BCUT2D eigenvalue weighted by molar-refractivity contribution is 5.85. The fourth-order valence-electron chi connectivity index (χ4n) is 1.78. The van der Waals surface area contributed by atoms with Crippen LogP contribution in [0.25, 0.3) is 0 Å². The van der Waals surface area contributed by atoms with Gasteiger partial charge in [-0.25, -0.2) is 0 Å². The summed E-state index contributed by atoms with van der Waals surface area (Å²) in [7, 11) is 0. The summed E-state index contributed by atoms with van der Waals surface area (Å²) in [6.07, 6.45) is 1.45. The third-order valence-electron chi connectivity index (χ3n) is 3.11. The second-order valence-corrected chi connectivity index (χ2v) is 5.41. The molecule has 0 bridgehead atoms. The molecule has 21 heavy (non-hydrogen) atoms. The predicted octanol–water partition coefficient (Wildman–Crippen LogP) is 2.95. The molecule has 1 rings (SSSR count). The molecule has 120 valence electrons. The van der Waals surface area contributed by atoms with Gasteiger partial charge in [0.2, 0.25) is 5.91 Å². The van der Waals surface area contributed by atoms with Crippen LogP contribution in [0.4, 0.5) is 0 Å². The summed E-state index contributed by atoms with van der Waals surface area (Å²) in [6, 6.07) is 5.92. The second-order valence-electron chi connectivity index (χ2n) is 5.41. The molecule has 4 nitrogen and oxygen atoms in total. The molecule has 1 aromatic rings. The van der Waals surface area contributed by atoms with E-state index < -0.39 is 0 Å². The number of hydrogen-bond donors (Lipinski definition) is 2. The quantitative estimate of drug-likeness (QED) is 0.813. The number of carbonyl (C=O) groups excluding carboxylic acids is 1. The molecule has 0 aliphatic rings. The Kier molecular flexibility index (Phi) is 9.06. The van der Waals surface area contributed by atoms with E-state index in [9.17, 15) is 4.79 Å². The van der Waals surface area contributed by atoms with Crippen LogP contribution >= 0.6 is 12.4 Å². The standard InChI is InChI=1S/C16H26N2O2.ClH/c1-5-13(4)20-15-8-11(2)6-7-14(15)10-18-16(19)9-12(3)17;/h6-8,12-13H,5,9-10,17H2,1-4H3,(H,18,19);1H. The number of aryl methyl sites for hydroxylation is 1. The molecule has 1 amide bonds. The van der Waals surface area contributed by atoms with Gasteiger partial charge in [0.25, 0.3) is 0 Å². The van der Waals surface area contributed by atoms with Crippen LogP contribution in [-0.2, 0) is 11.3 Å². The molecule has 2 atom stereocenters. The van der Waals surface area contributed by atoms with Crippen molar-refractivity contribution in [3.8, 4) is 5.75 Å². The first-order valence-corrected chi connectivity index (χ1v) is 7.20. The molecular weight excluding hydrogens is 288 g/mol. The van der Waals surface area contributed by atoms with Crippen molar-refractivity contribution in [1.29, 1.82) is 0 Å². The van der Waals surface area contributed by atoms with Crippen LogP contribution in [0.1, 0.15) is 44.7 Å². The van der Waals surface area contributed by atoms with Crippen molar-refractivity contribution in [1.82, 2.24) is 5.32 Å². The minimum Gasteiger partial charge on any atom is -0.490 e. The minimum atomic E-state index is -0.121. The molecule has 0 radical (unpaired) electrons. The van der Waals surface area contributed by atoms with Crippen LogP contribution in [0.3, 0.4) is 0 Å². The van der Waals surface area contributed by atoms with Crippen LogP contribution in [-0.4, -0.2) is 18.1 Å². The van der Waals surface area contributed by atoms with Crippen molar-refractivity contribution in [2.24, 2.45) is 5.73 Å². The van der Waals surface area contributed by atoms with Crippen molar-refractivity contribution in [3.63, 3.8) is 0 Å². The van der Waals surface area contributed by atoms with Crippen LogP contribution in [0, 0.1) is 6.92 Å². The van der Waals surface area contributed by atoms with Crippen molar-refractivity contribution in [2.75, 3.05) is 0 Å². The zero-order valence-corrected chi connectivity index (χ0v) is 14.1. The number of amides is 1. The Morgan fingerprint density at radius 3 is 2.62 bits per heavy atom. The molecule has 0 saturated heterocycles. The van der Waals surface area contributed by atoms with E-state index in [1.807, 2.05) is 39.0 Å². The lowest BCUT2D eigenvalue weighted by molar-refractivity contribution is -0.121. The highest BCUT2D eigenvalue weighted by Gasteiger charge is 2.10. The predicted molar refractivity (Wildman–Crippen MR) is 88.9 cm³/mol. The average Bonchev–Trinajstić information content (AvgIpc) is 2.36. The fourth-order valence-corrected chi connectivity index (χ4v) is 1.78. The summed E-state index contributed by atoms with van der Waals surface area (Å²) in [5.74, 6) is 0.815. The van der Waals surface area contributed by atoms with Crippen molar-refractivity contribution >= 4 is 18.3 Å². The molecule has 0 aliphatic carbocycles. The SMILES string of the molecule is CCC(C)Oc1cc(C)ccc1CNC(=O)CC(C)N.Cl. The molecular formula is C16H27ClN2O2. The monoisotopic (exact) mass is 314 g/mol. The van der Waals surface area contributed by atoms with Crippen LogP contribution < -0.4 is 15.8 Å². The zero-order valence-electron chi connectivity index (χ0n) is 13.3. The fraction of sp³-hybridized carbons (Fsp3) is 0.562. The van der Waals surface area contributed by atoms with Crippen molar-refractivity contribution < 1.29 is 9.53 Å². The first kappa shape index (κ1) is 19.7. The second kappa shape index (κ2) is 9.64. The largest absolute Gasteiger partial charge is 0.490 e. The highest BCUT2D eigenvalue weighted by Crippen LogP contribution is 2.22. The first-order valence-electron chi connectivity index (χ1n) is 7.20. The summed E-state index contributed by atoms with van der Waals surface area (Å²) in [5.41, 5.74) is 7.75. The van der Waals surface area contributed by atoms with E-state index in [4.69, 9.17) is 10.5 Å². The van der Waals surface area contributed by atoms with Crippen molar-refractivity contribution in [2.45, 2.75) is 59.2 Å². The molecule has 0 aliphatic heterocycles. The molecule has 2 unspecified atom stereocenters. The van der Waals surface area contributed by atoms with Crippen molar-refractivity contribution in [3.05, 3.63) is 29.3 Å². The number of benzene rings is 1. The van der Waals surface area contributed by atoms with Gasteiger partial charge in [-0.1, -0.05) is 19.1 Å². The Bertz CT molecular complexity index is 450. The van der Waals surface area contributed by atoms with E-state index in [2.05, 4.69) is 12.2 Å². The van der Waals surface area contributed by atoms with Gasteiger partial charge in [-0.15, -0.1) is 12.4 Å². The summed E-state index contributed by atoms with van der Waals surface area (Å²) < 4.78 is 5.91. The maximum atomic E-state index is 11.7. The molecule has 0 aromatic heterocycles.